The van der Waals surface area contributed by atoms with Crippen molar-refractivity contribution in [3.8, 4) is 0 Å². The van der Waals surface area contributed by atoms with E-state index in [1.807, 2.05) is 19.9 Å². The van der Waals surface area contributed by atoms with Crippen molar-refractivity contribution >= 4 is 16.9 Å². The second kappa shape index (κ2) is 7.06. The van der Waals surface area contributed by atoms with E-state index in [2.05, 4.69) is 19.9 Å². The molecule has 1 aliphatic heterocycles. The Balaban J connectivity index is 1.46. The van der Waals surface area contributed by atoms with Crippen LogP contribution in [0.5, 0.6) is 0 Å². The van der Waals surface area contributed by atoms with E-state index in [0.29, 0.717) is 23.4 Å². The van der Waals surface area contributed by atoms with Gasteiger partial charge in [0.1, 0.15) is 5.82 Å². The molecule has 1 aliphatic rings. The summed E-state index contributed by atoms with van der Waals surface area (Å²) in [6, 6.07) is 6.08. The van der Waals surface area contributed by atoms with E-state index in [1.54, 1.807) is 4.57 Å². The molecular weight excluding hydrogens is 345 g/mol. The molecule has 27 heavy (non-hydrogen) atoms. The van der Waals surface area contributed by atoms with Gasteiger partial charge in [0.25, 0.3) is 5.56 Å². The summed E-state index contributed by atoms with van der Waals surface area (Å²) in [6.07, 6.45) is 3.46. The molecule has 1 fully saturated rings. The Morgan fingerprint density at radius 2 is 1.81 bits per heavy atom. The summed E-state index contributed by atoms with van der Waals surface area (Å²) in [4.78, 5) is 28.2. The third-order valence-corrected chi connectivity index (χ3v) is 5.11. The average Bonchev–Trinajstić information content (AvgIpc) is 2.64. The standard InChI is InChI=1S/C20H22FN5O/c1-13-9-14(2)24-20(23-13)25-7-5-15(6-8-25)11-26-12-22-18-10-16(21)3-4-17(18)19(26)27/h3-4,9-10,12,15H,5-8,11H2,1-2H3. The lowest BCUT2D eigenvalue weighted by Crippen LogP contribution is -2.37. The van der Waals surface area contributed by atoms with Crippen molar-refractivity contribution in [3.63, 3.8) is 0 Å². The number of aryl methyl sites for hydroxylation is 2. The number of piperidine rings is 1. The molecule has 0 aliphatic carbocycles. The van der Waals surface area contributed by atoms with E-state index in [0.717, 1.165) is 43.3 Å². The molecule has 1 aromatic carbocycles. The summed E-state index contributed by atoms with van der Waals surface area (Å²) in [7, 11) is 0. The summed E-state index contributed by atoms with van der Waals surface area (Å²) in [5.74, 6) is 0.801. The Bertz CT molecular complexity index is 1020. The number of benzene rings is 1. The van der Waals surface area contributed by atoms with E-state index in [9.17, 15) is 9.18 Å². The fraction of sp³-hybridized carbons (Fsp3) is 0.400. The van der Waals surface area contributed by atoms with Gasteiger partial charge in [0.05, 0.1) is 17.2 Å². The van der Waals surface area contributed by atoms with Crippen LogP contribution >= 0.6 is 0 Å². The van der Waals surface area contributed by atoms with E-state index < -0.39 is 0 Å². The van der Waals surface area contributed by atoms with Crippen LogP contribution in [0.3, 0.4) is 0 Å². The van der Waals surface area contributed by atoms with Crippen molar-refractivity contribution in [2.24, 2.45) is 5.92 Å². The van der Waals surface area contributed by atoms with Crippen LogP contribution < -0.4 is 10.5 Å². The number of nitrogens with zero attached hydrogens (tertiary/aromatic N) is 5. The maximum absolute atomic E-state index is 13.3. The fourth-order valence-electron chi connectivity index (χ4n) is 3.70. The molecule has 3 heterocycles. The van der Waals surface area contributed by atoms with Crippen LogP contribution in [0, 0.1) is 25.6 Å². The molecule has 0 N–H and O–H groups in total. The van der Waals surface area contributed by atoms with Crippen LogP contribution in [0.25, 0.3) is 10.9 Å². The summed E-state index contributed by atoms with van der Waals surface area (Å²) < 4.78 is 15.0. The number of halogens is 1. The first-order chi connectivity index (χ1) is 13.0. The van der Waals surface area contributed by atoms with Gasteiger partial charge in [-0.25, -0.2) is 19.3 Å². The molecule has 2 aromatic heterocycles. The molecule has 6 nitrogen and oxygen atoms in total. The van der Waals surface area contributed by atoms with Crippen molar-refractivity contribution in [2.45, 2.75) is 33.2 Å². The van der Waals surface area contributed by atoms with Crippen LogP contribution in [0.15, 0.2) is 35.4 Å². The van der Waals surface area contributed by atoms with Crippen LogP contribution in [-0.2, 0) is 6.54 Å². The van der Waals surface area contributed by atoms with Gasteiger partial charge in [-0.15, -0.1) is 0 Å². The van der Waals surface area contributed by atoms with Crippen molar-refractivity contribution in [3.05, 3.63) is 58.2 Å². The van der Waals surface area contributed by atoms with E-state index >= 15 is 0 Å². The molecule has 1 saturated heterocycles. The molecule has 0 saturated carbocycles. The smallest absolute Gasteiger partial charge is 0.261 e. The molecular formula is C20H22FN5O. The minimum Gasteiger partial charge on any atom is -0.341 e. The lowest BCUT2D eigenvalue weighted by atomic mass is 9.97. The van der Waals surface area contributed by atoms with Crippen LogP contribution in [0.1, 0.15) is 24.2 Å². The Morgan fingerprint density at radius 3 is 2.52 bits per heavy atom. The highest BCUT2D eigenvalue weighted by molar-refractivity contribution is 5.77. The van der Waals surface area contributed by atoms with E-state index in [4.69, 9.17) is 0 Å². The first-order valence-electron chi connectivity index (χ1n) is 9.21. The summed E-state index contributed by atoms with van der Waals surface area (Å²) in [5.41, 5.74) is 2.24. The van der Waals surface area contributed by atoms with Crippen LogP contribution in [-0.4, -0.2) is 32.6 Å². The Labute approximate surface area is 156 Å². The Kier molecular flexibility index (Phi) is 4.59. The number of fused-ring (bicyclic) bond motifs is 1. The van der Waals surface area contributed by atoms with Gasteiger partial charge < -0.3 is 4.90 Å². The first-order valence-corrected chi connectivity index (χ1v) is 9.21. The zero-order chi connectivity index (χ0) is 19.0. The molecule has 0 atom stereocenters. The summed E-state index contributed by atoms with van der Waals surface area (Å²) >= 11 is 0. The Hall–Kier alpha value is -2.83. The third kappa shape index (κ3) is 3.67. The van der Waals surface area contributed by atoms with Gasteiger partial charge in [-0.3, -0.25) is 9.36 Å². The largest absolute Gasteiger partial charge is 0.341 e. The van der Waals surface area contributed by atoms with Gasteiger partial charge in [-0.05, 0) is 50.8 Å². The molecule has 0 amide bonds. The molecule has 0 bridgehead atoms. The SMILES string of the molecule is Cc1cc(C)nc(N2CCC(Cn3cnc4cc(F)ccc4c3=O)CC2)n1. The van der Waals surface area contributed by atoms with Gasteiger partial charge in [-0.1, -0.05) is 0 Å². The summed E-state index contributed by atoms with van der Waals surface area (Å²) in [5, 5.41) is 0.458. The molecule has 0 spiro atoms. The zero-order valence-corrected chi connectivity index (χ0v) is 15.5. The molecule has 7 heteroatoms. The van der Waals surface area contributed by atoms with Crippen molar-refractivity contribution in [1.29, 1.82) is 0 Å². The average molecular weight is 367 g/mol. The number of hydrogen-bond acceptors (Lipinski definition) is 5. The van der Waals surface area contributed by atoms with Crippen LogP contribution in [0.4, 0.5) is 10.3 Å². The highest BCUT2D eigenvalue weighted by Crippen LogP contribution is 2.22. The van der Waals surface area contributed by atoms with Gasteiger partial charge >= 0.3 is 0 Å². The van der Waals surface area contributed by atoms with E-state index in [1.165, 1.54) is 24.5 Å². The third-order valence-electron chi connectivity index (χ3n) is 5.11. The maximum atomic E-state index is 13.3. The second-order valence-electron chi connectivity index (χ2n) is 7.24. The molecule has 3 aromatic rings. The predicted octanol–water partition coefficient (Wildman–Crippen LogP) is 2.86. The normalized spacial score (nSPS) is 15.4. The maximum Gasteiger partial charge on any atom is 0.261 e. The van der Waals surface area contributed by atoms with Crippen LogP contribution in [0.2, 0.25) is 0 Å². The first kappa shape index (κ1) is 17.6. The zero-order valence-electron chi connectivity index (χ0n) is 15.5. The fourth-order valence-corrected chi connectivity index (χ4v) is 3.70. The second-order valence-corrected chi connectivity index (χ2v) is 7.24. The molecule has 4 rings (SSSR count). The van der Waals surface area contributed by atoms with Gasteiger partial charge in [-0.2, -0.15) is 0 Å². The van der Waals surface area contributed by atoms with Gasteiger partial charge in [0, 0.05) is 37.1 Å². The van der Waals surface area contributed by atoms with Gasteiger partial charge in [0.15, 0.2) is 0 Å². The molecule has 0 unspecified atom stereocenters. The van der Waals surface area contributed by atoms with Gasteiger partial charge in [0.2, 0.25) is 5.95 Å². The molecule has 140 valence electrons. The topological polar surface area (TPSA) is 63.9 Å². The Morgan fingerprint density at radius 1 is 1.11 bits per heavy atom. The van der Waals surface area contributed by atoms with E-state index in [-0.39, 0.29) is 11.4 Å². The minimum atomic E-state index is -0.381. The van der Waals surface area contributed by atoms with Crippen molar-refractivity contribution in [2.75, 3.05) is 18.0 Å². The minimum absolute atomic E-state index is 0.111. The number of aromatic nitrogens is 4. The number of rotatable bonds is 3. The number of anilines is 1. The predicted molar refractivity (Wildman–Crippen MR) is 102 cm³/mol. The number of hydrogen-bond donors (Lipinski definition) is 0. The monoisotopic (exact) mass is 367 g/mol. The van der Waals surface area contributed by atoms with Crippen molar-refractivity contribution in [1.82, 2.24) is 19.5 Å². The highest BCUT2D eigenvalue weighted by Gasteiger charge is 2.22. The summed E-state index contributed by atoms with van der Waals surface area (Å²) in [6.45, 7) is 6.33. The van der Waals surface area contributed by atoms with Crippen molar-refractivity contribution < 1.29 is 4.39 Å². The quantitative estimate of drug-likeness (QED) is 0.712. The molecule has 0 radical (unpaired) electrons. The lowest BCUT2D eigenvalue weighted by Gasteiger charge is -2.32. The highest BCUT2D eigenvalue weighted by atomic mass is 19.1. The lowest BCUT2D eigenvalue weighted by molar-refractivity contribution is 0.350.